The second-order valence-electron chi connectivity index (χ2n) is 8.37. The van der Waals surface area contributed by atoms with E-state index in [0.717, 1.165) is 38.5 Å². The molecular weight excluding hydrogens is 320 g/mol. The van der Waals surface area contributed by atoms with Gasteiger partial charge in [0, 0.05) is 31.2 Å². The van der Waals surface area contributed by atoms with Gasteiger partial charge >= 0.3 is 6.09 Å². The first-order valence-electron chi connectivity index (χ1n) is 9.73. The van der Waals surface area contributed by atoms with Crippen LogP contribution in [0, 0.1) is 11.8 Å². The lowest BCUT2D eigenvalue weighted by molar-refractivity contribution is 0.0446. The predicted molar refractivity (Wildman–Crippen MR) is 99.2 cm³/mol. The Morgan fingerprint density at radius 1 is 1.00 bits per heavy atom. The molecule has 1 amide bonds. The molecule has 0 spiro atoms. The molecule has 0 aromatic heterocycles. The highest BCUT2D eigenvalue weighted by Crippen LogP contribution is 2.24. The van der Waals surface area contributed by atoms with Crippen molar-refractivity contribution in [1.29, 1.82) is 0 Å². The highest BCUT2D eigenvalue weighted by Gasteiger charge is 2.27. The van der Waals surface area contributed by atoms with Crippen molar-refractivity contribution in [2.75, 3.05) is 13.2 Å². The molecule has 2 rings (SSSR count). The molecule has 4 atom stereocenters. The molecule has 0 radical (unpaired) electrons. The van der Waals surface area contributed by atoms with Gasteiger partial charge in [0.25, 0.3) is 0 Å². The zero-order valence-electron chi connectivity index (χ0n) is 16.2. The summed E-state index contributed by atoms with van der Waals surface area (Å²) in [7, 11) is 0. The van der Waals surface area contributed by atoms with E-state index in [1.165, 1.54) is 12.8 Å². The summed E-state index contributed by atoms with van der Waals surface area (Å²) in [6.45, 7) is 5.95. The Morgan fingerprint density at radius 3 is 2.00 bits per heavy atom. The maximum absolute atomic E-state index is 11.6. The van der Waals surface area contributed by atoms with Gasteiger partial charge in [0.1, 0.15) is 5.60 Å². The molecule has 0 aromatic carbocycles. The minimum atomic E-state index is -0.465. The van der Waals surface area contributed by atoms with Gasteiger partial charge in [-0.1, -0.05) is 25.7 Å². The van der Waals surface area contributed by atoms with E-state index >= 15 is 0 Å². The number of rotatable bonds is 3. The molecule has 6 nitrogen and oxygen atoms in total. The number of carbonyl (C=O) groups excluding carboxylic acids is 1. The van der Waals surface area contributed by atoms with Crippen LogP contribution >= 0.6 is 0 Å². The van der Waals surface area contributed by atoms with Crippen LogP contribution in [0.3, 0.4) is 0 Å². The number of hydrogen-bond donors (Lipinski definition) is 4. The van der Waals surface area contributed by atoms with Crippen molar-refractivity contribution in [2.45, 2.75) is 89.8 Å². The quantitative estimate of drug-likeness (QED) is 0.620. The summed E-state index contributed by atoms with van der Waals surface area (Å²) >= 11 is 0. The monoisotopic (exact) mass is 358 g/mol. The molecule has 0 unspecified atom stereocenters. The molecule has 0 aliphatic heterocycles. The number of nitrogens with one attached hydrogen (secondary N) is 1. The third-order valence-electron chi connectivity index (χ3n) is 5.05. The lowest BCUT2D eigenvalue weighted by Crippen LogP contribution is -2.45. The standard InChI is InChI=1S/C12H23NO3.C7H15NO/c1-12(2,3)16-11(15)13-10-7-5-4-6-9(10)8-14;8-7-4-2-1-3-6(7)5-9/h9-10,14H,4-8H2,1-3H3,(H,13,15);6-7,9H,1-5,8H2/t9-,10+;6-,7+/m11/s1. The lowest BCUT2D eigenvalue weighted by atomic mass is 9.85. The minimum Gasteiger partial charge on any atom is -0.444 e. The fourth-order valence-electron chi connectivity index (χ4n) is 3.54. The van der Waals surface area contributed by atoms with Crippen LogP contribution in [0.15, 0.2) is 0 Å². The van der Waals surface area contributed by atoms with Crippen LogP contribution in [0.4, 0.5) is 4.79 Å². The van der Waals surface area contributed by atoms with Crippen LogP contribution in [-0.4, -0.2) is 47.2 Å². The average Bonchev–Trinajstić information content (AvgIpc) is 2.54. The summed E-state index contributed by atoms with van der Waals surface area (Å²) in [6, 6.07) is 0.331. The number of amides is 1. The summed E-state index contributed by atoms with van der Waals surface area (Å²) < 4.78 is 5.20. The molecule has 0 aromatic rings. The highest BCUT2D eigenvalue weighted by molar-refractivity contribution is 5.68. The molecule has 25 heavy (non-hydrogen) atoms. The van der Waals surface area contributed by atoms with E-state index in [2.05, 4.69) is 5.32 Å². The third-order valence-corrected chi connectivity index (χ3v) is 5.05. The Hall–Kier alpha value is -0.850. The highest BCUT2D eigenvalue weighted by atomic mass is 16.6. The van der Waals surface area contributed by atoms with E-state index in [1.54, 1.807) is 0 Å². The summed E-state index contributed by atoms with van der Waals surface area (Å²) in [5, 5.41) is 20.9. The maximum atomic E-state index is 11.6. The Morgan fingerprint density at radius 2 is 1.52 bits per heavy atom. The summed E-state index contributed by atoms with van der Waals surface area (Å²) in [6.07, 6.45) is 8.51. The van der Waals surface area contributed by atoms with Crippen LogP contribution in [0.1, 0.15) is 72.1 Å². The zero-order chi connectivity index (χ0) is 18.9. The average molecular weight is 359 g/mol. The number of nitrogens with two attached hydrogens (primary N) is 1. The number of hydrogen-bond acceptors (Lipinski definition) is 5. The molecule has 0 saturated heterocycles. The Labute approximate surface area is 152 Å². The van der Waals surface area contributed by atoms with Crippen molar-refractivity contribution in [1.82, 2.24) is 5.32 Å². The van der Waals surface area contributed by atoms with Crippen LogP contribution in [0.2, 0.25) is 0 Å². The number of alkyl carbamates (subject to hydrolysis) is 1. The SMILES string of the molecule is CC(C)(C)OC(=O)N[C@H]1CCCC[C@@H]1CO.N[C@H]1CCCC[C@@H]1CO. The second-order valence-corrected chi connectivity index (χ2v) is 8.37. The van der Waals surface area contributed by atoms with Gasteiger partial charge < -0.3 is 26.0 Å². The van der Waals surface area contributed by atoms with E-state index in [4.69, 9.17) is 15.6 Å². The topological polar surface area (TPSA) is 105 Å². The largest absolute Gasteiger partial charge is 0.444 e. The summed E-state index contributed by atoms with van der Waals surface area (Å²) in [4.78, 5) is 11.6. The van der Waals surface area contributed by atoms with E-state index in [9.17, 15) is 9.90 Å². The summed E-state index contributed by atoms with van der Waals surface area (Å²) in [5.74, 6) is 0.569. The van der Waals surface area contributed by atoms with Crippen molar-refractivity contribution in [3.05, 3.63) is 0 Å². The van der Waals surface area contributed by atoms with Gasteiger partial charge in [-0.05, 0) is 52.4 Å². The molecule has 148 valence electrons. The Bertz CT molecular complexity index is 384. The van der Waals surface area contributed by atoms with Crippen molar-refractivity contribution in [3.8, 4) is 0 Å². The van der Waals surface area contributed by atoms with Gasteiger partial charge in [0.2, 0.25) is 0 Å². The molecule has 0 heterocycles. The first-order valence-corrected chi connectivity index (χ1v) is 9.73. The Kier molecular flexibility index (Phi) is 9.75. The normalized spacial score (nSPS) is 30.0. The number of ether oxygens (including phenoxy) is 1. The lowest BCUT2D eigenvalue weighted by Gasteiger charge is -2.31. The van der Waals surface area contributed by atoms with Crippen LogP contribution < -0.4 is 11.1 Å². The van der Waals surface area contributed by atoms with Crippen LogP contribution in [0.5, 0.6) is 0 Å². The third kappa shape index (κ3) is 8.88. The van der Waals surface area contributed by atoms with E-state index in [1.807, 2.05) is 20.8 Å². The van der Waals surface area contributed by atoms with E-state index in [0.29, 0.717) is 5.92 Å². The van der Waals surface area contributed by atoms with Gasteiger partial charge in [0.05, 0.1) is 0 Å². The second kappa shape index (κ2) is 11.0. The van der Waals surface area contributed by atoms with Gasteiger partial charge in [-0.25, -0.2) is 4.79 Å². The molecule has 2 aliphatic carbocycles. The van der Waals surface area contributed by atoms with Crippen LogP contribution in [-0.2, 0) is 4.74 Å². The first kappa shape index (κ1) is 22.2. The zero-order valence-corrected chi connectivity index (χ0v) is 16.2. The number of aliphatic hydroxyl groups is 2. The molecule has 2 aliphatic rings. The molecular formula is C19H38N2O4. The van der Waals surface area contributed by atoms with Gasteiger partial charge in [-0.15, -0.1) is 0 Å². The van der Waals surface area contributed by atoms with Crippen molar-refractivity contribution >= 4 is 6.09 Å². The first-order chi connectivity index (χ1) is 11.8. The summed E-state index contributed by atoms with van der Waals surface area (Å²) in [5.41, 5.74) is 5.26. The van der Waals surface area contributed by atoms with Gasteiger partial charge in [-0.3, -0.25) is 0 Å². The molecule has 6 heteroatoms. The molecule has 2 saturated carbocycles. The van der Waals surface area contributed by atoms with Crippen molar-refractivity contribution in [3.63, 3.8) is 0 Å². The maximum Gasteiger partial charge on any atom is 0.407 e. The minimum absolute atomic E-state index is 0.0635. The molecule has 5 N–H and O–H groups in total. The van der Waals surface area contributed by atoms with Gasteiger partial charge in [-0.2, -0.15) is 0 Å². The Balaban J connectivity index is 0.000000293. The number of carbonyl (C=O) groups is 1. The fraction of sp³-hybridized carbons (Fsp3) is 0.947. The fourth-order valence-corrected chi connectivity index (χ4v) is 3.54. The van der Waals surface area contributed by atoms with Gasteiger partial charge in [0.15, 0.2) is 0 Å². The van der Waals surface area contributed by atoms with E-state index in [-0.39, 0.29) is 37.3 Å². The van der Waals surface area contributed by atoms with E-state index < -0.39 is 5.60 Å². The molecule has 2 fully saturated rings. The van der Waals surface area contributed by atoms with Crippen LogP contribution in [0.25, 0.3) is 0 Å². The smallest absolute Gasteiger partial charge is 0.407 e. The van der Waals surface area contributed by atoms with Crippen molar-refractivity contribution < 1.29 is 19.7 Å². The number of aliphatic hydroxyl groups excluding tert-OH is 2. The predicted octanol–water partition coefficient (Wildman–Crippen LogP) is 2.56. The molecule has 0 bridgehead atoms. The van der Waals surface area contributed by atoms with Crippen molar-refractivity contribution in [2.24, 2.45) is 17.6 Å².